The van der Waals surface area contributed by atoms with Crippen molar-refractivity contribution in [2.75, 3.05) is 0 Å². The van der Waals surface area contributed by atoms with Gasteiger partial charge >= 0.3 is 6.18 Å². The van der Waals surface area contributed by atoms with Crippen LogP contribution in [-0.4, -0.2) is 6.18 Å². The number of halogens is 5. The predicted molar refractivity (Wildman–Crippen MR) is 62.9 cm³/mol. The fourth-order valence-electron chi connectivity index (χ4n) is 0.892. The van der Waals surface area contributed by atoms with E-state index in [2.05, 4.69) is 6.58 Å². The normalized spacial score (nSPS) is 10.4. The number of allylic oxidation sites excluding steroid dienone is 1. The van der Waals surface area contributed by atoms with Crippen LogP contribution in [0.3, 0.4) is 0 Å². The maximum Gasteiger partial charge on any atom is 0.416 e. The Hall–Kier alpha value is -0.670. The summed E-state index contributed by atoms with van der Waals surface area (Å²) in [6.45, 7) is 6.94. The predicted octanol–water partition coefficient (Wildman–Crippen LogP) is 5.60. The van der Waals surface area contributed by atoms with Gasteiger partial charge in [-0.25, -0.2) is 0 Å². The molecule has 0 amide bonds. The van der Waals surface area contributed by atoms with Crippen molar-refractivity contribution in [1.29, 1.82) is 0 Å². The van der Waals surface area contributed by atoms with Gasteiger partial charge in [-0.2, -0.15) is 13.2 Å². The van der Waals surface area contributed by atoms with E-state index >= 15 is 0 Å². The van der Waals surface area contributed by atoms with Gasteiger partial charge in [0.15, 0.2) is 0 Å². The van der Waals surface area contributed by atoms with Crippen LogP contribution in [0.5, 0.6) is 0 Å². The van der Waals surface area contributed by atoms with Crippen LogP contribution >= 0.6 is 23.2 Å². The van der Waals surface area contributed by atoms with E-state index in [0.29, 0.717) is 0 Å². The van der Waals surface area contributed by atoms with Crippen LogP contribution in [0.15, 0.2) is 24.8 Å². The molecule has 90 valence electrons. The van der Waals surface area contributed by atoms with Gasteiger partial charge in [0, 0.05) is 10.0 Å². The van der Waals surface area contributed by atoms with Crippen molar-refractivity contribution in [3.63, 3.8) is 0 Å². The van der Waals surface area contributed by atoms with Crippen LogP contribution in [0, 0.1) is 0 Å². The zero-order valence-electron chi connectivity index (χ0n) is 8.83. The smallest absolute Gasteiger partial charge is 0.166 e. The van der Waals surface area contributed by atoms with Gasteiger partial charge < -0.3 is 0 Å². The Morgan fingerprint density at radius 1 is 1.06 bits per heavy atom. The molecule has 0 nitrogen and oxygen atoms in total. The second-order valence-corrected chi connectivity index (χ2v) is 3.51. The molecular formula is C11H11Cl2F3. The third-order valence-electron chi connectivity index (χ3n) is 1.55. The summed E-state index contributed by atoms with van der Waals surface area (Å²) in [4.78, 5) is 0. The number of hydrogen-bond donors (Lipinski definition) is 0. The van der Waals surface area contributed by atoms with Crippen LogP contribution in [0.25, 0.3) is 5.57 Å². The largest absolute Gasteiger partial charge is 0.416 e. The quantitative estimate of drug-likeness (QED) is 0.624. The zero-order valence-corrected chi connectivity index (χ0v) is 10.3. The van der Waals surface area contributed by atoms with E-state index in [-0.39, 0.29) is 15.6 Å². The van der Waals surface area contributed by atoms with E-state index < -0.39 is 11.7 Å². The first-order valence-corrected chi connectivity index (χ1v) is 5.29. The first-order valence-electron chi connectivity index (χ1n) is 4.53. The first-order chi connectivity index (χ1) is 7.30. The van der Waals surface area contributed by atoms with E-state index in [0.717, 1.165) is 0 Å². The average Bonchev–Trinajstić information content (AvgIpc) is 2.17. The molecular weight excluding hydrogens is 260 g/mol. The minimum absolute atomic E-state index is 0.116. The van der Waals surface area contributed by atoms with E-state index in [1.165, 1.54) is 18.2 Å². The molecule has 16 heavy (non-hydrogen) atoms. The lowest BCUT2D eigenvalue weighted by molar-refractivity contribution is -0.0686. The Kier molecular flexibility index (Phi) is 5.90. The topological polar surface area (TPSA) is 0 Å². The van der Waals surface area contributed by atoms with Crippen molar-refractivity contribution in [1.82, 2.24) is 0 Å². The van der Waals surface area contributed by atoms with Crippen molar-refractivity contribution >= 4 is 28.8 Å². The Morgan fingerprint density at radius 2 is 1.44 bits per heavy atom. The Bertz CT molecular complexity index is 350. The van der Waals surface area contributed by atoms with Gasteiger partial charge in [0.05, 0.1) is 5.57 Å². The summed E-state index contributed by atoms with van der Waals surface area (Å²) in [5.74, 6) is 0. The highest BCUT2D eigenvalue weighted by atomic mass is 35.5. The summed E-state index contributed by atoms with van der Waals surface area (Å²) in [6.07, 6.45) is -4.46. The van der Waals surface area contributed by atoms with Gasteiger partial charge in [-0.15, -0.1) is 0 Å². The van der Waals surface area contributed by atoms with Gasteiger partial charge in [0.2, 0.25) is 0 Å². The molecule has 1 aromatic carbocycles. The highest BCUT2D eigenvalue weighted by molar-refractivity contribution is 6.34. The molecule has 0 aliphatic rings. The lowest BCUT2D eigenvalue weighted by Crippen LogP contribution is -2.09. The first kappa shape index (κ1) is 15.3. The Morgan fingerprint density at radius 3 is 1.75 bits per heavy atom. The van der Waals surface area contributed by atoms with Crippen LogP contribution in [0.2, 0.25) is 10.0 Å². The zero-order chi connectivity index (χ0) is 12.9. The maximum atomic E-state index is 12.2. The summed E-state index contributed by atoms with van der Waals surface area (Å²) in [7, 11) is 0. The summed E-state index contributed by atoms with van der Waals surface area (Å²) in [5, 5.41) is 0.302. The molecule has 0 radical (unpaired) electrons. The SMILES string of the molecule is C=C(c1cc(Cl)cc(Cl)c1)C(F)(F)F.CC. The van der Waals surface area contributed by atoms with E-state index in [9.17, 15) is 13.2 Å². The molecule has 0 aromatic heterocycles. The van der Waals surface area contributed by atoms with Crippen LogP contribution in [0.4, 0.5) is 13.2 Å². The Balaban J connectivity index is 0.00000106. The van der Waals surface area contributed by atoms with Crippen LogP contribution in [-0.2, 0) is 0 Å². The minimum atomic E-state index is -4.46. The second-order valence-electron chi connectivity index (χ2n) is 2.63. The minimum Gasteiger partial charge on any atom is -0.166 e. The number of benzene rings is 1. The van der Waals surface area contributed by atoms with Crippen molar-refractivity contribution in [2.24, 2.45) is 0 Å². The highest BCUT2D eigenvalue weighted by Gasteiger charge is 2.33. The molecule has 0 atom stereocenters. The summed E-state index contributed by atoms with van der Waals surface area (Å²) < 4.78 is 36.6. The molecule has 0 unspecified atom stereocenters. The molecule has 0 fully saturated rings. The van der Waals surface area contributed by atoms with E-state index in [1.807, 2.05) is 13.8 Å². The van der Waals surface area contributed by atoms with Gasteiger partial charge in [-0.3, -0.25) is 0 Å². The van der Waals surface area contributed by atoms with Crippen LogP contribution < -0.4 is 0 Å². The van der Waals surface area contributed by atoms with Crippen LogP contribution in [0.1, 0.15) is 19.4 Å². The highest BCUT2D eigenvalue weighted by Crippen LogP contribution is 2.34. The number of hydrogen-bond acceptors (Lipinski definition) is 0. The molecule has 0 bridgehead atoms. The van der Waals surface area contributed by atoms with Crippen molar-refractivity contribution < 1.29 is 13.2 Å². The molecule has 0 spiro atoms. The van der Waals surface area contributed by atoms with Crippen molar-refractivity contribution in [3.05, 3.63) is 40.4 Å². The van der Waals surface area contributed by atoms with Gasteiger partial charge in [-0.05, 0) is 23.8 Å². The van der Waals surface area contributed by atoms with Gasteiger partial charge in [0.1, 0.15) is 0 Å². The molecule has 1 aromatic rings. The summed E-state index contributed by atoms with van der Waals surface area (Å²) in [6, 6.07) is 3.70. The maximum absolute atomic E-state index is 12.2. The molecule has 0 saturated heterocycles. The average molecular weight is 271 g/mol. The molecule has 0 aliphatic heterocycles. The van der Waals surface area contributed by atoms with E-state index in [4.69, 9.17) is 23.2 Å². The summed E-state index contributed by atoms with van der Waals surface area (Å²) in [5.41, 5.74) is -1.07. The molecule has 0 aliphatic carbocycles. The number of rotatable bonds is 1. The third kappa shape index (κ3) is 4.45. The third-order valence-corrected chi connectivity index (χ3v) is 1.99. The summed E-state index contributed by atoms with van der Waals surface area (Å²) >= 11 is 11.1. The Labute approximate surface area is 103 Å². The molecule has 0 heterocycles. The standard InChI is InChI=1S/C9H5Cl2F3.C2H6/c1-5(9(12,13)14)6-2-7(10)4-8(11)3-6;1-2/h2-4H,1H2;1-2H3. The van der Waals surface area contributed by atoms with Gasteiger partial charge in [0.25, 0.3) is 0 Å². The van der Waals surface area contributed by atoms with Crippen molar-refractivity contribution in [3.8, 4) is 0 Å². The van der Waals surface area contributed by atoms with Crippen molar-refractivity contribution in [2.45, 2.75) is 20.0 Å². The monoisotopic (exact) mass is 270 g/mol. The lowest BCUT2D eigenvalue weighted by atomic mass is 10.1. The molecule has 5 heteroatoms. The van der Waals surface area contributed by atoms with E-state index in [1.54, 1.807) is 0 Å². The van der Waals surface area contributed by atoms with Gasteiger partial charge in [-0.1, -0.05) is 43.6 Å². The molecule has 1 rings (SSSR count). The lowest BCUT2D eigenvalue weighted by Gasteiger charge is -2.10. The fourth-order valence-corrected chi connectivity index (χ4v) is 1.42. The number of alkyl halides is 3. The molecule has 0 saturated carbocycles. The fraction of sp³-hybridized carbons (Fsp3) is 0.273. The second kappa shape index (κ2) is 6.16. The molecule has 0 N–H and O–H groups in total.